The molecule has 72 valence electrons. The van der Waals surface area contributed by atoms with Gasteiger partial charge in [0.15, 0.2) is 5.76 Å². The second-order valence-electron chi connectivity index (χ2n) is 2.33. The van der Waals surface area contributed by atoms with Crippen LogP contribution in [0.5, 0.6) is 0 Å². The van der Waals surface area contributed by atoms with Crippen LogP contribution >= 0.6 is 15.9 Å². The molecule has 0 aliphatic heterocycles. The van der Waals surface area contributed by atoms with Gasteiger partial charge >= 0.3 is 0 Å². The van der Waals surface area contributed by atoms with Crippen LogP contribution in [0.15, 0.2) is 15.2 Å². The maximum absolute atomic E-state index is 10.9. The van der Waals surface area contributed by atoms with Gasteiger partial charge in [0.25, 0.3) is 0 Å². The fourth-order valence-electron chi connectivity index (χ4n) is 0.739. The first-order valence-corrected chi connectivity index (χ1v) is 4.38. The molecule has 0 aliphatic carbocycles. The minimum atomic E-state index is -0.185. The molecular weight excluding hydrogens is 240 g/mol. The summed E-state index contributed by atoms with van der Waals surface area (Å²) in [4.78, 5) is 10.9. The van der Waals surface area contributed by atoms with Crippen LogP contribution in [0.2, 0.25) is 0 Å². The van der Waals surface area contributed by atoms with Crippen LogP contribution in [0.4, 0.5) is 0 Å². The smallest absolute Gasteiger partial charge is 0.246 e. The van der Waals surface area contributed by atoms with Crippen LogP contribution in [0, 0.1) is 0 Å². The SMILES string of the molecule is COCC(=O)NCc1cc(Br)no1. The molecule has 0 fully saturated rings. The van der Waals surface area contributed by atoms with Gasteiger partial charge in [-0.2, -0.15) is 0 Å². The molecule has 1 rings (SSSR count). The molecule has 1 aromatic rings. The number of halogens is 1. The lowest BCUT2D eigenvalue weighted by Crippen LogP contribution is -2.26. The third-order valence-corrected chi connectivity index (χ3v) is 1.64. The molecule has 0 aromatic carbocycles. The zero-order chi connectivity index (χ0) is 9.68. The minimum absolute atomic E-state index is 0.0509. The average Bonchev–Trinajstić information content (AvgIpc) is 2.49. The van der Waals surface area contributed by atoms with E-state index in [9.17, 15) is 4.79 Å². The molecule has 0 spiro atoms. The lowest BCUT2D eigenvalue weighted by molar-refractivity contribution is -0.124. The Kier molecular flexibility index (Phi) is 3.91. The van der Waals surface area contributed by atoms with Gasteiger partial charge in [-0.15, -0.1) is 0 Å². The highest BCUT2D eigenvalue weighted by Crippen LogP contribution is 2.08. The standard InChI is InChI=1S/C7H9BrN2O3/c1-12-4-7(11)9-3-5-2-6(8)10-13-5/h2H,3-4H2,1H3,(H,9,11). The Bertz CT molecular complexity index is 287. The fraction of sp³-hybridized carbons (Fsp3) is 0.429. The number of amides is 1. The molecule has 5 nitrogen and oxygen atoms in total. The summed E-state index contributed by atoms with van der Waals surface area (Å²) in [5.41, 5.74) is 0. The molecule has 0 atom stereocenters. The van der Waals surface area contributed by atoms with E-state index in [2.05, 4.69) is 31.1 Å². The zero-order valence-corrected chi connectivity index (χ0v) is 8.63. The number of carbonyl (C=O) groups is 1. The highest BCUT2D eigenvalue weighted by molar-refractivity contribution is 9.10. The normalized spacial score (nSPS) is 10.0. The molecule has 0 saturated heterocycles. The number of rotatable bonds is 4. The molecular formula is C7H9BrN2O3. The first-order valence-electron chi connectivity index (χ1n) is 3.59. The van der Waals surface area contributed by atoms with Gasteiger partial charge in [0.05, 0.1) is 6.54 Å². The number of carbonyl (C=O) groups excluding carboxylic acids is 1. The van der Waals surface area contributed by atoms with Crippen LogP contribution < -0.4 is 5.32 Å². The molecule has 1 N–H and O–H groups in total. The van der Waals surface area contributed by atoms with Crippen LogP contribution in [0.25, 0.3) is 0 Å². The van der Waals surface area contributed by atoms with Crippen molar-refractivity contribution in [1.82, 2.24) is 10.5 Å². The number of nitrogens with one attached hydrogen (secondary N) is 1. The summed E-state index contributed by atoms with van der Waals surface area (Å²) in [6, 6.07) is 1.69. The van der Waals surface area contributed by atoms with Crippen molar-refractivity contribution in [1.29, 1.82) is 0 Å². The van der Waals surface area contributed by atoms with Gasteiger partial charge in [0.1, 0.15) is 11.2 Å². The van der Waals surface area contributed by atoms with Gasteiger partial charge in [-0.05, 0) is 15.9 Å². The summed E-state index contributed by atoms with van der Waals surface area (Å²) < 4.78 is 10.1. The zero-order valence-electron chi connectivity index (χ0n) is 7.04. The van der Waals surface area contributed by atoms with Crippen molar-refractivity contribution in [2.45, 2.75) is 6.54 Å². The van der Waals surface area contributed by atoms with Crippen molar-refractivity contribution in [3.05, 3.63) is 16.4 Å². The van der Waals surface area contributed by atoms with E-state index in [-0.39, 0.29) is 12.5 Å². The summed E-state index contributed by atoms with van der Waals surface area (Å²) in [6.45, 7) is 0.371. The van der Waals surface area contributed by atoms with Crippen LogP contribution in [-0.4, -0.2) is 24.8 Å². The molecule has 0 radical (unpaired) electrons. The first-order chi connectivity index (χ1) is 6.22. The predicted octanol–water partition coefficient (Wildman–Crippen LogP) is 0.700. The summed E-state index contributed by atoms with van der Waals surface area (Å²) in [5, 5.41) is 6.19. The van der Waals surface area contributed by atoms with Gasteiger partial charge in [0, 0.05) is 13.2 Å². The van der Waals surface area contributed by atoms with E-state index in [0.29, 0.717) is 16.9 Å². The summed E-state index contributed by atoms with van der Waals surface area (Å²) in [7, 11) is 1.46. The second-order valence-corrected chi connectivity index (χ2v) is 3.14. The average molecular weight is 249 g/mol. The van der Waals surface area contributed by atoms with E-state index in [1.54, 1.807) is 6.07 Å². The van der Waals surface area contributed by atoms with Gasteiger partial charge < -0.3 is 14.6 Å². The third-order valence-electron chi connectivity index (χ3n) is 1.27. The Labute approximate surface area is 83.5 Å². The van der Waals surface area contributed by atoms with Crippen LogP contribution in [0.1, 0.15) is 5.76 Å². The molecule has 1 amide bonds. The Morgan fingerprint density at radius 1 is 1.85 bits per heavy atom. The molecule has 1 aromatic heterocycles. The maximum Gasteiger partial charge on any atom is 0.246 e. The second kappa shape index (κ2) is 4.98. The van der Waals surface area contributed by atoms with Crippen LogP contribution in [0.3, 0.4) is 0 Å². The Balaban J connectivity index is 2.30. The van der Waals surface area contributed by atoms with Gasteiger partial charge in [-0.1, -0.05) is 5.16 Å². The largest absolute Gasteiger partial charge is 0.375 e. The number of aromatic nitrogens is 1. The van der Waals surface area contributed by atoms with E-state index < -0.39 is 0 Å². The monoisotopic (exact) mass is 248 g/mol. The summed E-state index contributed by atoms with van der Waals surface area (Å²) in [5.74, 6) is 0.409. The highest BCUT2D eigenvalue weighted by Gasteiger charge is 2.03. The number of methoxy groups -OCH3 is 1. The fourth-order valence-corrected chi connectivity index (χ4v) is 1.07. The Hall–Kier alpha value is -0.880. The molecule has 0 aliphatic rings. The molecule has 6 heteroatoms. The Morgan fingerprint density at radius 2 is 2.62 bits per heavy atom. The van der Waals surface area contributed by atoms with E-state index in [4.69, 9.17) is 4.52 Å². The molecule has 0 bridgehead atoms. The molecule has 13 heavy (non-hydrogen) atoms. The molecule has 0 saturated carbocycles. The van der Waals surface area contributed by atoms with Crippen molar-refractivity contribution >= 4 is 21.8 Å². The summed E-state index contributed by atoms with van der Waals surface area (Å²) in [6.07, 6.45) is 0. The van der Waals surface area contributed by atoms with Crippen molar-refractivity contribution < 1.29 is 14.1 Å². The first kappa shape index (κ1) is 10.2. The summed E-state index contributed by atoms with van der Waals surface area (Å²) >= 11 is 3.13. The number of hydrogen-bond acceptors (Lipinski definition) is 4. The number of hydrogen-bond donors (Lipinski definition) is 1. The lowest BCUT2D eigenvalue weighted by atomic mass is 10.4. The van der Waals surface area contributed by atoms with Crippen molar-refractivity contribution in [2.75, 3.05) is 13.7 Å². The number of ether oxygens (including phenoxy) is 1. The van der Waals surface area contributed by atoms with Gasteiger partial charge in [-0.3, -0.25) is 4.79 Å². The molecule has 0 unspecified atom stereocenters. The highest BCUT2D eigenvalue weighted by atomic mass is 79.9. The van der Waals surface area contributed by atoms with Crippen molar-refractivity contribution in [3.63, 3.8) is 0 Å². The van der Waals surface area contributed by atoms with E-state index >= 15 is 0 Å². The lowest BCUT2D eigenvalue weighted by Gasteiger charge is -1.99. The van der Waals surface area contributed by atoms with Gasteiger partial charge in [-0.25, -0.2) is 0 Å². The van der Waals surface area contributed by atoms with Crippen molar-refractivity contribution in [2.24, 2.45) is 0 Å². The van der Waals surface area contributed by atoms with E-state index in [0.717, 1.165) is 0 Å². The number of nitrogens with zero attached hydrogens (tertiary/aromatic N) is 1. The quantitative estimate of drug-likeness (QED) is 0.853. The molecule has 1 heterocycles. The maximum atomic E-state index is 10.9. The van der Waals surface area contributed by atoms with Crippen LogP contribution in [-0.2, 0) is 16.1 Å². The van der Waals surface area contributed by atoms with E-state index in [1.165, 1.54) is 7.11 Å². The third kappa shape index (κ3) is 3.56. The van der Waals surface area contributed by atoms with E-state index in [1.807, 2.05) is 0 Å². The van der Waals surface area contributed by atoms with Crippen molar-refractivity contribution in [3.8, 4) is 0 Å². The predicted molar refractivity (Wildman–Crippen MR) is 47.9 cm³/mol. The topological polar surface area (TPSA) is 64.4 Å². The van der Waals surface area contributed by atoms with Gasteiger partial charge in [0.2, 0.25) is 5.91 Å². The minimum Gasteiger partial charge on any atom is -0.375 e. The Morgan fingerprint density at radius 3 is 3.15 bits per heavy atom.